The third-order valence-electron chi connectivity index (χ3n) is 30.7. The van der Waals surface area contributed by atoms with Crippen LogP contribution in [-0.2, 0) is 45.2 Å². The highest BCUT2D eigenvalue weighted by Crippen LogP contribution is 2.64. The zero-order valence-corrected chi connectivity index (χ0v) is 93.0. The average molecular weight is 2110 g/mol. The number of ether oxygens (including phenoxy) is 8. The van der Waals surface area contributed by atoms with Crippen LogP contribution < -0.4 is 23.7 Å². The van der Waals surface area contributed by atoms with Crippen molar-refractivity contribution in [1.29, 1.82) is 0 Å². The van der Waals surface area contributed by atoms with Gasteiger partial charge in [-0.25, -0.2) is 16.8 Å². The fourth-order valence-electron chi connectivity index (χ4n) is 22.6. The zero-order chi connectivity index (χ0) is 106. The van der Waals surface area contributed by atoms with Gasteiger partial charge in [-0.1, -0.05) is 214 Å². The molecule has 22 heteroatoms. The number of phenols is 2. The molecule has 0 radical (unpaired) electrons. The van der Waals surface area contributed by atoms with Gasteiger partial charge in [0, 0.05) is 70.8 Å². The van der Waals surface area contributed by atoms with E-state index >= 15 is 0 Å². The number of aromatic hydroxyl groups is 2. The second-order valence-corrected chi connectivity index (χ2v) is 49.1. The lowest BCUT2D eigenvalue weighted by Crippen LogP contribution is -2.53. The van der Waals surface area contributed by atoms with Crippen molar-refractivity contribution >= 4 is 61.6 Å². The van der Waals surface area contributed by atoms with E-state index in [-0.39, 0.29) is 58.0 Å². The Morgan fingerprint density at radius 2 is 0.765 bits per heavy atom. The Kier molecular flexibility index (Phi) is 42.7. The number of thiophene rings is 1. The molecule has 1 aromatic heterocycles. The fourth-order valence-corrected chi connectivity index (χ4v) is 29.3. The highest BCUT2D eigenvalue weighted by molar-refractivity contribution is 8.12. The van der Waals surface area contributed by atoms with Gasteiger partial charge in [0.2, 0.25) is 6.29 Å². The van der Waals surface area contributed by atoms with Crippen molar-refractivity contribution in [3.05, 3.63) is 341 Å². The molecule has 0 saturated heterocycles. The fraction of sp³-hybridized carbons (Fsp3) is 0.433. The Hall–Kier alpha value is -10.7. The third-order valence-corrected chi connectivity index (χ3v) is 38.2. The summed E-state index contributed by atoms with van der Waals surface area (Å²) >= 11 is 0. The number of hydrogen-bond donors (Lipinski definition) is 2. The van der Waals surface area contributed by atoms with Gasteiger partial charge in [0.25, 0.3) is 0 Å². The normalized spacial score (nSPS) is 20.3. The molecule has 8 aliphatic carbocycles. The standard InChI is InChI=1S/C24H36O2.C22H32O2.C20H23F3NO6S2.C19H15S.C18H14OS.C14H22O2.C10H14O/c1-4-17(3)21-6-8-22(9-7-21)26-23(25-5-2)16-24-13-18-10-19(14-24)12-20(11-18)15-24;1-4-15(2)19-5-7-20(8-6-19)24-21(23-3)22-12-16-9-17(13-22)11-18(10-16)14-22;1-3-15(2)16-5-7-17(8-6-16)29-13-4-14-30-18-9-11-19(12-10-18)31(25,26)24-32(27,28)20(21,22)23;1-14-10-12-15(13-11-14)20-18-8-4-2-6-16(18)17-7-3-5-9-19(17)20;19-15-8-7-13-18(14-15)20(16-9-3-1-4-10-16)17-11-5-2-6-12-17;1-5-11(3)13-7-9-14(10-8-13)16-12(4)15-6-2;1-3-8(2)9-4-6-10(11)7-5-9/h6-9,17-20,23H,4-5,10-16H2,1-3H3;5-8,15-18,21H,4,9-14H2,1-3H3;5-12,15H,3-4,13-14H2,1-2H3;2-13H,1H3;1-14H;7-12H,5-6H2,1-4H3;4-8,11H,3H2,1-2H3/q;;-1;+1;;;/p+1. The molecule has 13 aromatic rings. The summed E-state index contributed by atoms with van der Waals surface area (Å²) in [5.41, 5.74) is 2.95. The molecular formula is C127H157F3NO14S4+. The second kappa shape index (κ2) is 55.1. The number of hydrogen-bond acceptors (Lipinski definition) is 14. The van der Waals surface area contributed by atoms with E-state index in [0.29, 0.717) is 66.1 Å². The SMILES string of the molecule is CCC(C)c1ccc(O)cc1.CCC(C)c1ccc(OC(OC)C23CC4CC(CC(C4)C2)C3)cc1.CCC(C)c1ccc(OCCCOc2ccc(S(=O)(=O)[N-]S(=O)(=O)C(F)(F)F)cc2)cc1.CCOC(C)Oc1ccc(C(C)CC)cc1.CCOC(CC12CC3CC(CC(C3)C1)C2)Oc1ccc(C(C)CC)cc1.Cc1ccc(-[s+]2c3ccccc3c3ccccc32)cc1.Oc1cccc([S+](c2ccccc2)c2ccccc2)c1. The number of alkyl halides is 3. The molecule has 0 spiro atoms. The predicted octanol–water partition coefficient (Wildman–Crippen LogP) is 34.7. The van der Waals surface area contributed by atoms with Crippen LogP contribution in [0.15, 0.2) is 323 Å². The quantitative estimate of drug-likeness (QED) is 0.0212. The van der Waals surface area contributed by atoms with Gasteiger partial charge in [0.15, 0.2) is 51.6 Å². The summed E-state index contributed by atoms with van der Waals surface area (Å²) in [6, 6.07) is 100. The van der Waals surface area contributed by atoms with Crippen LogP contribution in [0.1, 0.15) is 275 Å². The number of benzene rings is 12. The first-order valence-electron chi connectivity index (χ1n) is 53.9. The zero-order valence-electron chi connectivity index (χ0n) is 89.7. The van der Waals surface area contributed by atoms with Crippen molar-refractivity contribution in [1.82, 2.24) is 0 Å². The molecule has 0 aliphatic heterocycles. The molecule has 15 nitrogen and oxygen atoms in total. The number of halogens is 3. The van der Waals surface area contributed by atoms with Crippen molar-refractivity contribution in [3.63, 3.8) is 0 Å². The minimum atomic E-state index is -6.17. The summed E-state index contributed by atoms with van der Waals surface area (Å²) in [5, 5.41) is 21.6. The van der Waals surface area contributed by atoms with Gasteiger partial charge in [-0.15, -0.1) is 0 Å². The van der Waals surface area contributed by atoms with Gasteiger partial charge in [-0.2, -0.15) is 13.2 Å². The summed E-state index contributed by atoms with van der Waals surface area (Å²) < 4.78 is 134. The lowest BCUT2D eigenvalue weighted by Gasteiger charge is -2.58. The largest absolute Gasteiger partial charge is 0.508 e. The molecule has 8 saturated carbocycles. The molecule has 21 rings (SSSR count). The van der Waals surface area contributed by atoms with Crippen LogP contribution in [0.4, 0.5) is 13.2 Å². The van der Waals surface area contributed by atoms with Gasteiger partial charge in [-0.05, 0) is 393 Å². The summed E-state index contributed by atoms with van der Waals surface area (Å²) in [7, 11) is -9.52. The molecule has 2 N–H and O–H groups in total. The van der Waals surface area contributed by atoms with E-state index in [0.717, 1.165) is 108 Å². The lowest BCUT2D eigenvalue weighted by molar-refractivity contribution is -0.204. The number of fused-ring (bicyclic) bond motifs is 3. The van der Waals surface area contributed by atoms with Gasteiger partial charge < -0.3 is 52.2 Å². The second-order valence-electron chi connectivity index (χ2n) is 41.7. The van der Waals surface area contributed by atoms with Crippen LogP contribution in [0.25, 0.3) is 29.2 Å². The van der Waals surface area contributed by atoms with E-state index in [2.05, 4.69) is 271 Å². The molecule has 8 atom stereocenters. The minimum absolute atomic E-state index is 0.0512. The van der Waals surface area contributed by atoms with Crippen LogP contribution in [0.2, 0.25) is 0 Å². The Balaban J connectivity index is 0.000000148. The maximum Gasteiger partial charge on any atom is 0.480 e. The highest BCUT2D eigenvalue weighted by Gasteiger charge is 2.56. The Morgan fingerprint density at radius 3 is 1.15 bits per heavy atom. The van der Waals surface area contributed by atoms with E-state index in [9.17, 15) is 35.1 Å². The molecule has 798 valence electrons. The molecular weight excluding hydrogens is 1950 g/mol. The number of methoxy groups -OCH3 is 1. The summed E-state index contributed by atoms with van der Waals surface area (Å²) in [6.07, 6.45) is 24.0. The molecule has 8 aliphatic rings. The monoisotopic (exact) mass is 2110 g/mol. The Bertz CT molecular complexity index is 6290. The molecule has 0 amide bonds. The Labute approximate surface area is 891 Å². The van der Waals surface area contributed by atoms with E-state index in [4.69, 9.17) is 43.0 Å². The number of nitrogens with zero attached hydrogens (tertiary/aromatic N) is 1. The number of phenolic OH excluding ortho intramolecular Hbond substituents is 2. The maximum atomic E-state index is 12.3. The first-order chi connectivity index (χ1) is 71.6. The topological polar surface area (TPSA) is 197 Å². The van der Waals surface area contributed by atoms with Crippen molar-refractivity contribution in [2.75, 3.05) is 33.5 Å². The van der Waals surface area contributed by atoms with Crippen molar-refractivity contribution < 1.29 is 78.1 Å². The lowest BCUT2D eigenvalue weighted by atomic mass is 9.49. The Morgan fingerprint density at radius 1 is 0.403 bits per heavy atom. The summed E-state index contributed by atoms with van der Waals surface area (Å²) in [4.78, 5) is 4.34. The molecule has 149 heavy (non-hydrogen) atoms. The average Bonchev–Trinajstić information content (AvgIpc) is 0.795. The van der Waals surface area contributed by atoms with E-state index in [1.807, 2.05) is 97.9 Å². The van der Waals surface area contributed by atoms with Gasteiger partial charge in [-0.3, -0.25) is 0 Å². The van der Waals surface area contributed by atoms with Crippen molar-refractivity contribution in [2.24, 2.45) is 46.3 Å². The molecule has 8 bridgehead atoms. The van der Waals surface area contributed by atoms with E-state index < -0.39 is 30.5 Å². The first-order valence-corrected chi connectivity index (χ1v) is 59.2. The smallest absolute Gasteiger partial charge is 0.480 e. The van der Waals surface area contributed by atoms with Gasteiger partial charge in [0.1, 0.15) is 50.3 Å². The van der Waals surface area contributed by atoms with Gasteiger partial charge >= 0.3 is 5.51 Å². The van der Waals surface area contributed by atoms with E-state index in [1.54, 1.807) is 18.2 Å². The number of aryl methyl sites for hydroxylation is 1. The van der Waals surface area contributed by atoms with Crippen molar-refractivity contribution in [2.45, 2.75) is 292 Å². The van der Waals surface area contributed by atoms with Crippen LogP contribution >= 0.6 is 10.5 Å². The van der Waals surface area contributed by atoms with Crippen LogP contribution in [0, 0.1) is 53.3 Å². The first kappa shape index (κ1) is 115. The molecule has 12 aromatic carbocycles. The summed E-state index contributed by atoms with van der Waals surface area (Å²) in [5.74, 6) is 13.0. The molecule has 8 fully saturated rings. The third kappa shape index (κ3) is 32.2. The van der Waals surface area contributed by atoms with Crippen LogP contribution in [-0.4, -0.2) is 85.0 Å². The minimum Gasteiger partial charge on any atom is -0.508 e. The van der Waals surface area contributed by atoms with Crippen molar-refractivity contribution in [3.8, 4) is 45.1 Å². The summed E-state index contributed by atoms with van der Waals surface area (Å²) in [6.45, 7) is 32.2. The number of sulfonamides is 2. The van der Waals surface area contributed by atoms with Crippen LogP contribution in [0.3, 0.4) is 0 Å². The number of rotatable bonds is 37. The maximum absolute atomic E-state index is 12.3. The molecule has 1 heterocycles. The van der Waals surface area contributed by atoms with Gasteiger partial charge in [0.05, 0.1) is 24.1 Å². The predicted molar refractivity (Wildman–Crippen MR) is 603 cm³/mol. The molecule has 8 unspecified atom stereocenters. The van der Waals surface area contributed by atoms with Crippen LogP contribution in [0.5, 0.6) is 40.2 Å². The highest BCUT2D eigenvalue weighted by atomic mass is 32.3. The van der Waals surface area contributed by atoms with E-state index in [1.165, 1.54) is 170 Å².